The lowest BCUT2D eigenvalue weighted by molar-refractivity contribution is -0.137. The topological polar surface area (TPSA) is 71.8 Å². The molecule has 0 aliphatic carbocycles. The summed E-state index contributed by atoms with van der Waals surface area (Å²) in [7, 11) is 0. The van der Waals surface area contributed by atoms with Crippen molar-refractivity contribution in [1.82, 2.24) is 9.47 Å². The van der Waals surface area contributed by atoms with Crippen LogP contribution in [0.1, 0.15) is 32.8 Å². The van der Waals surface area contributed by atoms with E-state index in [0.717, 1.165) is 22.0 Å². The molecule has 1 N–H and O–H groups in total. The predicted octanol–water partition coefficient (Wildman–Crippen LogP) is 3.75. The average Bonchev–Trinajstić information content (AvgIpc) is 2.92. The maximum absolute atomic E-state index is 12.2. The number of aliphatic carboxylic acids is 1. The molecule has 6 heteroatoms. The average molecular weight is 356 g/mol. The molecule has 2 aromatic rings. The molecule has 0 spiro atoms. The van der Waals surface area contributed by atoms with Crippen LogP contribution in [0.3, 0.4) is 0 Å². The second kappa shape index (κ2) is 6.86. The lowest BCUT2D eigenvalue weighted by Gasteiger charge is -2.29. The first kappa shape index (κ1) is 18.0. The Hall–Kier alpha value is -2.76. The summed E-state index contributed by atoms with van der Waals surface area (Å²) in [5, 5.41) is 10.2. The quantitative estimate of drug-likeness (QED) is 0.909. The van der Waals surface area contributed by atoms with Gasteiger partial charge in [-0.05, 0) is 38.8 Å². The number of carbonyl (C=O) groups is 2. The third-order valence-electron chi connectivity index (χ3n) is 4.30. The van der Waals surface area contributed by atoms with Crippen LogP contribution in [0.25, 0.3) is 16.5 Å². The van der Waals surface area contributed by atoms with Crippen LogP contribution in [0, 0.1) is 0 Å². The minimum absolute atomic E-state index is 0.0716. The van der Waals surface area contributed by atoms with Crippen molar-refractivity contribution in [3.8, 4) is 0 Å². The zero-order valence-corrected chi connectivity index (χ0v) is 15.4. The van der Waals surface area contributed by atoms with E-state index in [1.807, 2.05) is 57.3 Å². The molecule has 2 heterocycles. The molecule has 1 aromatic heterocycles. The Morgan fingerprint density at radius 1 is 1.23 bits per heavy atom. The minimum atomic E-state index is -0.869. The molecule has 1 aliphatic heterocycles. The van der Waals surface area contributed by atoms with Gasteiger partial charge in [0.2, 0.25) is 0 Å². The zero-order chi connectivity index (χ0) is 18.9. The van der Waals surface area contributed by atoms with Crippen LogP contribution in [0.4, 0.5) is 4.79 Å². The molecule has 1 aromatic carbocycles. The number of carbonyl (C=O) groups excluding carboxylic acids is 1. The predicted molar refractivity (Wildman–Crippen MR) is 100.0 cm³/mol. The van der Waals surface area contributed by atoms with E-state index in [2.05, 4.69) is 0 Å². The number of hydrogen-bond acceptors (Lipinski definition) is 3. The van der Waals surface area contributed by atoms with E-state index in [0.29, 0.717) is 19.5 Å². The number of para-hydroxylation sites is 1. The van der Waals surface area contributed by atoms with E-state index >= 15 is 0 Å². The molecule has 1 amide bonds. The Morgan fingerprint density at radius 2 is 1.96 bits per heavy atom. The van der Waals surface area contributed by atoms with Crippen molar-refractivity contribution in [2.45, 2.75) is 39.3 Å². The molecule has 0 unspecified atom stereocenters. The summed E-state index contributed by atoms with van der Waals surface area (Å²) in [6.07, 6.45) is 4.33. The number of nitrogens with zero attached hydrogens (tertiary/aromatic N) is 2. The summed E-state index contributed by atoms with van der Waals surface area (Å²) < 4.78 is 7.18. The normalized spacial score (nSPS) is 15.0. The molecular weight excluding hydrogens is 332 g/mol. The highest BCUT2D eigenvalue weighted by Gasteiger charge is 2.24. The standard InChI is InChI=1S/C20H24N2O4/c1-20(2,3)26-19(25)21-10-8-14(9-11-21)16-12-22(13-18(23)24)17-7-5-4-6-15(16)17/h4-8,12H,9-11,13H2,1-3H3,(H,23,24). The number of carboxylic acids is 1. The molecule has 0 radical (unpaired) electrons. The van der Waals surface area contributed by atoms with E-state index in [1.54, 1.807) is 9.47 Å². The number of fused-ring (bicyclic) bond motifs is 1. The molecule has 26 heavy (non-hydrogen) atoms. The van der Waals surface area contributed by atoms with Gasteiger partial charge < -0.3 is 19.3 Å². The summed E-state index contributed by atoms with van der Waals surface area (Å²) >= 11 is 0. The van der Waals surface area contributed by atoms with Crippen LogP contribution in [-0.4, -0.2) is 45.3 Å². The third kappa shape index (κ3) is 3.90. The van der Waals surface area contributed by atoms with Gasteiger partial charge in [-0.3, -0.25) is 4.79 Å². The highest BCUT2D eigenvalue weighted by molar-refractivity contribution is 5.94. The van der Waals surface area contributed by atoms with Crippen molar-refractivity contribution < 1.29 is 19.4 Å². The Kier molecular flexibility index (Phi) is 4.76. The first-order valence-corrected chi connectivity index (χ1v) is 8.71. The highest BCUT2D eigenvalue weighted by Crippen LogP contribution is 2.31. The molecular formula is C20H24N2O4. The van der Waals surface area contributed by atoms with Crippen LogP contribution >= 0.6 is 0 Å². The van der Waals surface area contributed by atoms with Gasteiger partial charge in [-0.15, -0.1) is 0 Å². The smallest absolute Gasteiger partial charge is 0.410 e. The number of ether oxygens (including phenoxy) is 1. The van der Waals surface area contributed by atoms with Gasteiger partial charge in [0.1, 0.15) is 12.1 Å². The first-order chi connectivity index (χ1) is 12.2. The first-order valence-electron chi connectivity index (χ1n) is 8.71. The minimum Gasteiger partial charge on any atom is -0.480 e. The fraction of sp³-hybridized carbons (Fsp3) is 0.400. The molecule has 3 rings (SSSR count). The van der Waals surface area contributed by atoms with Crippen molar-refractivity contribution in [3.63, 3.8) is 0 Å². The number of amides is 1. The van der Waals surface area contributed by atoms with Crippen molar-refractivity contribution in [2.75, 3.05) is 13.1 Å². The Morgan fingerprint density at radius 3 is 2.58 bits per heavy atom. The summed E-state index contributed by atoms with van der Waals surface area (Å²) in [6.45, 7) is 6.56. The highest BCUT2D eigenvalue weighted by atomic mass is 16.6. The van der Waals surface area contributed by atoms with Crippen molar-refractivity contribution in [1.29, 1.82) is 0 Å². The molecule has 0 atom stereocenters. The maximum Gasteiger partial charge on any atom is 0.410 e. The second-order valence-corrected chi connectivity index (χ2v) is 7.49. The Bertz CT molecular complexity index is 874. The van der Waals surface area contributed by atoms with E-state index in [-0.39, 0.29) is 12.6 Å². The van der Waals surface area contributed by atoms with Gasteiger partial charge in [0.05, 0.1) is 0 Å². The van der Waals surface area contributed by atoms with E-state index in [9.17, 15) is 9.59 Å². The van der Waals surface area contributed by atoms with E-state index in [4.69, 9.17) is 9.84 Å². The molecule has 1 aliphatic rings. The third-order valence-corrected chi connectivity index (χ3v) is 4.30. The Labute approximate surface area is 152 Å². The molecule has 0 saturated heterocycles. The van der Waals surface area contributed by atoms with Crippen LogP contribution < -0.4 is 0 Å². The van der Waals surface area contributed by atoms with Crippen molar-refractivity contribution in [3.05, 3.63) is 42.1 Å². The van der Waals surface area contributed by atoms with Crippen LogP contribution in [0.2, 0.25) is 0 Å². The second-order valence-electron chi connectivity index (χ2n) is 7.49. The fourth-order valence-corrected chi connectivity index (χ4v) is 3.19. The molecule has 0 bridgehead atoms. The van der Waals surface area contributed by atoms with Crippen LogP contribution in [0.5, 0.6) is 0 Å². The summed E-state index contributed by atoms with van der Waals surface area (Å²) in [5.41, 5.74) is 2.56. The van der Waals surface area contributed by atoms with Gasteiger partial charge in [0.15, 0.2) is 0 Å². The van der Waals surface area contributed by atoms with Crippen molar-refractivity contribution >= 4 is 28.5 Å². The van der Waals surface area contributed by atoms with Gasteiger partial charge in [-0.25, -0.2) is 4.79 Å². The number of carboxylic acid groups (broad SMARTS) is 1. The van der Waals surface area contributed by atoms with Gasteiger partial charge in [-0.2, -0.15) is 0 Å². The SMILES string of the molecule is CC(C)(C)OC(=O)N1CC=C(c2cn(CC(=O)O)c3ccccc23)CC1. The van der Waals surface area contributed by atoms with Gasteiger partial charge in [0.25, 0.3) is 0 Å². The monoisotopic (exact) mass is 356 g/mol. The van der Waals surface area contributed by atoms with Crippen molar-refractivity contribution in [2.24, 2.45) is 0 Å². The summed E-state index contributed by atoms with van der Waals surface area (Å²) in [6, 6.07) is 7.79. The molecule has 6 nitrogen and oxygen atoms in total. The molecule has 0 fully saturated rings. The number of hydrogen-bond donors (Lipinski definition) is 1. The number of rotatable bonds is 3. The van der Waals surface area contributed by atoms with Crippen LogP contribution in [0.15, 0.2) is 36.5 Å². The number of aromatic nitrogens is 1. The Balaban J connectivity index is 1.84. The van der Waals surface area contributed by atoms with E-state index in [1.165, 1.54) is 0 Å². The molecule has 0 saturated carbocycles. The van der Waals surface area contributed by atoms with Gasteiger partial charge >= 0.3 is 12.1 Å². The van der Waals surface area contributed by atoms with Gasteiger partial charge in [-0.1, -0.05) is 24.3 Å². The maximum atomic E-state index is 12.2. The fourth-order valence-electron chi connectivity index (χ4n) is 3.19. The van der Waals surface area contributed by atoms with Crippen LogP contribution in [-0.2, 0) is 16.1 Å². The summed E-state index contributed by atoms with van der Waals surface area (Å²) in [4.78, 5) is 25.0. The molecule has 138 valence electrons. The van der Waals surface area contributed by atoms with E-state index < -0.39 is 11.6 Å². The lowest BCUT2D eigenvalue weighted by Crippen LogP contribution is -2.39. The van der Waals surface area contributed by atoms with Gasteiger partial charge in [0, 0.05) is 35.8 Å². The largest absolute Gasteiger partial charge is 0.480 e. The zero-order valence-electron chi connectivity index (χ0n) is 15.4. The summed E-state index contributed by atoms with van der Waals surface area (Å²) in [5.74, 6) is -0.869. The lowest BCUT2D eigenvalue weighted by atomic mass is 9.99. The number of benzene rings is 1.